The molecule has 16 heavy (non-hydrogen) atoms. The number of benzene rings is 1. The van der Waals surface area contributed by atoms with Crippen molar-refractivity contribution in [1.82, 2.24) is 0 Å². The molecule has 1 aromatic carbocycles. The van der Waals surface area contributed by atoms with Gasteiger partial charge in [0.1, 0.15) is 12.4 Å². The first kappa shape index (κ1) is 12.8. The number of halogens is 1. The van der Waals surface area contributed by atoms with Gasteiger partial charge in [-0.2, -0.15) is 5.26 Å². The molecule has 1 saturated carbocycles. The molecule has 0 spiro atoms. The molecule has 3 nitrogen and oxygen atoms in total. The van der Waals surface area contributed by atoms with Gasteiger partial charge >= 0.3 is 0 Å². The molecule has 4 heteroatoms. The zero-order chi connectivity index (χ0) is 10.9. The number of nitriles is 1. The summed E-state index contributed by atoms with van der Waals surface area (Å²) in [6.07, 6.45) is 2.09. The molecule has 0 aliphatic heterocycles. The van der Waals surface area contributed by atoms with Crippen molar-refractivity contribution in [2.45, 2.75) is 25.3 Å². The van der Waals surface area contributed by atoms with Gasteiger partial charge in [-0.1, -0.05) is 0 Å². The molecule has 1 aliphatic carbocycles. The highest BCUT2D eigenvalue weighted by Crippen LogP contribution is 2.32. The molecule has 0 radical (unpaired) electrons. The van der Waals surface area contributed by atoms with Gasteiger partial charge in [-0.25, -0.2) is 0 Å². The van der Waals surface area contributed by atoms with E-state index < -0.39 is 0 Å². The number of nitrogens with two attached hydrogens (primary N) is 1. The quantitative estimate of drug-likeness (QED) is 0.878. The maximum Gasteiger partial charge on any atom is 0.119 e. The summed E-state index contributed by atoms with van der Waals surface area (Å²) in [4.78, 5) is 0. The maximum atomic E-state index is 8.77. The SMILES string of the molecule is Cc1cc(OCC2(N)CC2)ccc1C#N.Cl. The molecule has 0 amide bonds. The van der Waals surface area contributed by atoms with Crippen LogP contribution in [0.3, 0.4) is 0 Å². The minimum Gasteiger partial charge on any atom is -0.492 e. The topological polar surface area (TPSA) is 59.0 Å². The zero-order valence-electron chi connectivity index (χ0n) is 9.19. The summed E-state index contributed by atoms with van der Waals surface area (Å²) in [7, 11) is 0. The van der Waals surface area contributed by atoms with Gasteiger partial charge in [0, 0.05) is 0 Å². The number of aryl methyl sites for hydroxylation is 1. The van der Waals surface area contributed by atoms with E-state index in [1.165, 1.54) is 0 Å². The Morgan fingerprint density at radius 2 is 2.19 bits per heavy atom. The molecular formula is C12H15ClN2O. The third kappa shape index (κ3) is 2.88. The van der Waals surface area contributed by atoms with Crippen molar-refractivity contribution in [3.05, 3.63) is 29.3 Å². The molecule has 1 aromatic rings. The van der Waals surface area contributed by atoms with E-state index in [1.54, 1.807) is 6.07 Å². The summed E-state index contributed by atoms with van der Waals surface area (Å²) in [5.74, 6) is 0.795. The number of hydrogen-bond donors (Lipinski definition) is 1. The Kier molecular flexibility index (Phi) is 3.79. The lowest BCUT2D eigenvalue weighted by atomic mass is 10.1. The van der Waals surface area contributed by atoms with Gasteiger partial charge in [-0.3, -0.25) is 0 Å². The molecule has 0 unspecified atom stereocenters. The first-order valence-corrected chi connectivity index (χ1v) is 5.05. The lowest BCUT2D eigenvalue weighted by molar-refractivity contribution is 0.279. The second-order valence-electron chi connectivity index (χ2n) is 4.24. The van der Waals surface area contributed by atoms with Crippen LogP contribution in [-0.2, 0) is 0 Å². The van der Waals surface area contributed by atoms with Gasteiger partial charge in [0.2, 0.25) is 0 Å². The molecule has 1 fully saturated rings. The van der Waals surface area contributed by atoms with Gasteiger partial charge in [-0.05, 0) is 43.5 Å². The molecule has 0 bridgehead atoms. The standard InChI is InChI=1S/C12H14N2O.ClH/c1-9-6-11(3-2-10(9)7-13)15-8-12(14)4-5-12;/h2-3,6H,4-5,8,14H2,1H3;1H. The fraction of sp³-hybridized carbons (Fsp3) is 0.417. The summed E-state index contributed by atoms with van der Waals surface area (Å²) in [5, 5.41) is 8.77. The zero-order valence-corrected chi connectivity index (χ0v) is 10.0. The first-order valence-electron chi connectivity index (χ1n) is 5.05. The van der Waals surface area contributed by atoms with Gasteiger partial charge in [0.25, 0.3) is 0 Å². The molecule has 0 heterocycles. The van der Waals surface area contributed by atoms with Crippen LogP contribution in [0.4, 0.5) is 0 Å². The third-order valence-electron chi connectivity index (χ3n) is 2.74. The lowest BCUT2D eigenvalue weighted by Crippen LogP contribution is -2.29. The Labute approximate surface area is 102 Å². The number of nitrogens with zero attached hydrogens (tertiary/aromatic N) is 1. The molecule has 0 atom stereocenters. The second-order valence-corrected chi connectivity index (χ2v) is 4.24. The highest BCUT2D eigenvalue weighted by molar-refractivity contribution is 5.85. The van der Waals surface area contributed by atoms with Crippen molar-refractivity contribution in [1.29, 1.82) is 5.26 Å². The fourth-order valence-electron chi connectivity index (χ4n) is 1.38. The fourth-order valence-corrected chi connectivity index (χ4v) is 1.38. The van der Waals surface area contributed by atoms with E-state index in [1.807, 2.05) is 19.1 Å². The van der Waals surface area contributed by atoms with Gasteiger partial charge in [-0.15, -0.1) is 12.4 Å². The third-order valence-corrected chi connectivity index (χ3v) is 2.74. The highest BCUT2D eigenvalue weighted by Gasteiger charge is 2.39. The van der Waals surface area contributed by atoms with Crippen LogP contribution in [0.1, 0.15) is 24.0 Å². The molecule has 86 valence electrons. The predicted molar refractivity (Wildman–Crippen MR) is 64.8 cm³/mol. The van der Waals surface area contributed by atoms with Crippen LogP contribution in [-0.4, -0.2) is 12.1 Å². The van der Waals surface area contributed by atoms with E-state index in [0.29, 0.717) is 12.2 Å². The molecule has 0 aromatic heterocycles. The van der Waals surface area contributed by atoms with Crippen LogP contribution >= 0.6 is 12.4 Å². The van der Waals surface area contributed by atoms with Crippen molar-refractivity contribution < 1.29 is 4.74 Å². The maximum absolute atomic E-state index is 8.77. The minimum atomic E-state index is -0.0954. The Hall–Kier alpha value is -1.24. The van der Waals surface area contributed by atoms with E-state index in [0.717, 1.165) is 24.2 Å². The predicted octanol–water partition coefficient (Wildman–Crippen LogP) is 2.16. The number of rotatable bonds is 3. The van der Waals surface area contributed by atoms with Crippen molar-refractivity contribution in [2.75, 3.05) is 6.61 Å². The molecule has 2 N–H and O–H groups in total. The molecule has 1 aliphatic rings. The Bertz CT molecular complexity index is 422. The van der Waals surface area contributed by atoms with E-state index in [9.17, 15) is 0 Å². The van der Waals surface area contributed by atoms with Crippen LogP contribution < -0.4 is 10.5 Å². The summed E-state index contributed by atoms with van der Waals surface area (Å²) >= 11 is 0. The van der Waals surface area contributed by atoms with Crippen molar-refractivity contribution >= 4 is 12.4 Å². The van der Waals surface area contributed by atoms with E-state index >= 15 is 0 Å². The number of ether oxygens (including phenoxy) is 1. The summed E-state index contributed by atoms with van der Waals surface area (Å²) in [5.41, 5.74) is 7.45. The van der Waals surface area contributed by atoms with Gasteiger partial charge in [0.05, 0.1) is 17.2 Å². The minimum absolute atomic E-state index is 0. The number of hydrogen-bond acceptors (Lipinski definition) is 3. The molecular weight excluding hydrogens is 224 g/mol. The summed E-state index contributed by atoms with van der Waals surface area (Å²) in [6, 6.07) is 7.60. The van der Waals surface area contributed by atoms with Crippen molar-refractivity contribution in [2.24, 2.45) is 5.73 Å². The van der Waals surface area contributed by atoms with Crippen molar-refractivity contribution in [3.8, 4) is 11.8 Å². The van der Waals surface area contributed by atoms with Crippen LogP contribution in [0, 0.1) is 18.3 Å². The Balaban J connectivity index is 0.00000128. The van der Waals surface area contributed by atoms with Gasteiger partial charge < -0.3 is 10.5 Å². The first-order chi connectivity index (χ1) is 7.13. The van der Waals surface area contributed by atoms with Crippen LogP contribution in [0.5, 0.6) is 5.75 Å². The highest BCUT2D eigenvalue weighted by atomic mass is 35.5. The van der Waals surface area contributed by atoms with Crippen LogP contribution in [0.2, 0.25) is 0 Å². The smallest absolute Gasteiger partial charge is 0.119 e. The van der Waals surface area contributed by atoms with Crippen LogP contribution in [0.15, 0.2) is 18.2 Å². The Morgan fingerprint density at radius 3 is 2.69 bits per heavy atom. The second kappa shape index (κ2) is 4.73. The Morgan fingerprint density at radius 1 is 1.50 bits per heavy atom. The van der Waals surface area contributed by atoms with Gasteiger partial charge in [0.15, 0.2) is 0 Å². The largest absolute Gasteiger partial charge is 0.492 e. The van der Waals surface area contributed by atoms with E-state index in [-0.39, 0.29) is 17.9 Å². The lowest BCUT2D eigenvalue weighted by Gasteiger charge is -2.11. The monoisotopic (exact) mass is 238 g/mol. The normalized spacial score (nSPS) is 15.8. The summed E-state index contributed by atoms with van der Waals surface area (Å²) < 4.78 is 5.58. The molecule has 2 rings (SSSR count). The van der Waals surface area contributed by atoms with Crippen LogP contribution in [0.25, 0.3) is 0 Å². The average molecular weight is 239 g/mol. The van der Waals surface area contributed by atoms with E-state index in [2.05, 4.69) is 6.07 Å². The van der Waals surface area contributed by atoms with Crippen molar-refractivity contribution in [3.63, 3.8) is 0 Å². The van der Waals surface area contributed by atoms with E-state index in [4.69, 9.17) is 15.7 Å². The molecule has 0 saturated heterocycles. The average Bonchev–Trinajstić information content (AvgIpc) is 2.95. The summed E-state index contributed by atoms with van der Waals surface area (Å²) in [6.45, 7) is 2.47.